The zero-order chi connectivity index (χ0) is 9.73. The van der Waals surface area contributed by atoms with Crippen molar-refractivity contribution < 1.29 is 9.53 Å². The molecule has 1 aliphatic carbocycles. The van der Waals surface area contributed by atoms with Gasteiger partial charge in [0, 0.05) is 13.0 Å². The summed E-state index contributed by atoms with van der Waals surface area (Å²) in [5.74, 6) is 0.201. The first kappa shape index (κ1) is 10.7. The molecule has 0 aromatic heterocycles. The van der Waals surface area contributed by atoms with E-state index in [1.165, 1.54) is 6.42 Å². The predicted molar refractivity (Wildman–Crippen MR) is 51.5 cm³/mol. The molecule has 0 saturated heterocycles. The molecular weight excluding hydrogens is 166 g/mol. The van der Waals surface area contributed by atoms with Gasteiger partial charge in [-0.1, -0.05) is 6.42 Å². The fourth-order valence-electron chi connectivity index (χ4n) is 1.82. The Balaban J connectivity index is 2.25. The minimum atomic E-state index is 0.133. The molecule has 0 atom stereocenters. The number of hydrogen-bond acceptors (Lipinski definition) is 3. The maximum atomic E-state index is 11.4. The molecule has 0 aliphatic heterocycles. The first-order valence-corrected chi connectivity index (χ1v) is 5.02. The third kappa shape index (κ3) is 2.78. The van der Waals surface area contributed by atoms with Gasteiger partial charge in [-0.3, -0.25) is 4.79 Å². The van der Waals surface area contributed by atoms with Crippen molar-refractivity contribution in [2.24, 2.45) is 11.1 Å². The first-order valence-electron chi connectivity index (χ1n) is 5.02. The van der Waals surface area contributed by atoms with Gasteiger partial charge in [0.2, 0.25) is 0 Å². The quantitative estimate of drug-likeness (QED) is 0.674. The smallest absolute Gasteiger partial charge is 0.159 e. The standard InChI is InChI=1S/C10H19NO2/c1-2-13-7-9(12)6-10(8-11)4-3-5-10/h2-8,11H2,1H3. The Hall–Kier alpha value is -0.410. The molecule has 0 heterocycles. The number of nitrogens with two attached hydrogens (primary N) is 1. The minimum Gasteiger partial charge on any atom is -0.374 e. The van der Waals surface area contributed by atoms with Crippen LogP contribution in [0.1, 0.15) is 32.6 Å². The van der Waals surface area contributed by atoms with Crippen molar-refractivity contribution in [1.29, 1.82) is 0 Å². The average molecular weight is 185 g/mol. The van der Waals surface area contributed by atoms with Crippen LogP contribution >= 0.6 is 0 Å². The van der Waals surface area contributed by atoms with Crippen molar-refractivity contribution in [1.82, 2.24) is 0 Å². The van der Waals surface area contributed by atoms with Gasteiger partial charge in [-0.15, -0.1) is 0 Å². The molecule has 3 heteroatoms. The van der Waals surface area contributed by atoms with E-state index in [-0.39, 0.29) is 17.8 Å². The van der Waals surface area contributed by atoms with Crippen LogP contribution in [0.2, 0.25) is 0 Å². The number of carbonyl (C=O) groups excluding carboxylic acids is 1. The van der Waals surface area contributed by atoms with Gasteiger partial charge in [-0.05, 0) is 31.7 Å². The lowest BCUT2D eigenvalue weighted by Crippen LogP contribution is -2.39. The van der Waals surface area contributed by atoms with Crippen LogP contribution in [0.15, 0.2) is 0 Å². The molecule has 0 amide bonds. The lowest BCUT2D eigenvalue weighted by Gasteiger charge is -2.40. The molecule has 1 saturated carbocycles. The van der Waals surface area contributed by atoms with Crippen LogP contribution < -0.4 is 5.73 Å². The van der Waals surface area contributed by atoms with Crippen LogP contribution in [-0.4, -0.2) is 25.5 Å². The van der Waals surface area contributed by atoms with E-state index in [1.807, 2.05) is 6.92 Å². The van der Waals surface area contributed by atoms with Gasteiger partial charge in [0.1, 0.15) is 6.61 Å². The van der Waals surface area contributed by atoms with Gasteiger partial charge in [-0.2, -0.15) is 0 Å². The third-order valence-electron chi connectivity index (χ3n) is 2.89. The van der Waals surface area contributed by atoms with Crippen LogP contribution in [-0.2, 0) is 9.53 Å². The molecule has 1 aliphatic rings. The number of ether oxygens (including phenoxy) is 1. The lowest BCUT2D eigenvalue weighted by atomic mass is 9.66. The number of ketones is 1. The second-order valence-corrected chi connectivity index (χ2v) is 3.91. The van der Waals surface area contributed by atoms with Crippen LogP contribution in [0.5, 0.6) is 0 Å². The van der Waals surface area contributed by atoms with Gasteiger partial charge in [0.25, 0.3) is 0 Å². The number of Topliss-reactive ketones (excluding diaryl/α,β-unsaturated/α-hetero) is 1. The Labute approximate surface area is 79.6 Å². The lowest BCUT2D eigenvalue weighted by molar-refractivity contribution is -0.127. The van der Waals surface area contributed by atoms with Crippen molar-refractivity contribution in [3.63, 3.8) is 0 Å². The van der Waals surface area contributed by atoms with E-state index in [4.69, 9.17) is 10.5 Å². The van der Waals surface area contributed by atoms with Crippen molar-refractivity contribution in [2.75, 3.05) is 19.8 Å². The molecule has 76 valence electrons. The molecule has 2 N–H and O–H groups in total. The van der Waals surface area contributed by atoms with Crippen molar-refractivity contribution in [3.05, 3.63) is 0 Å². The minimum absolute atomic E-state index is 0.133. The highest BCUT2D eigenvalue weighted by Gasteiger charge is 2.37. The fraction of sp³-hybridized carbons (Fsp3) is 0.900. The van der Waals surface area contributed by atoms with Crippen molar-refractivity contribution in [3.8, 4) is 0 Å². The van der Waals surface area contributed by atoms with Crippen molar-refractivity contribution in [2.45, 2.75) is 32.6 Å². The molecule has 0 radical (unpaired) electrons. The molecule has 3 nitrogen and oxygen atoms in total. The van der Waals surface area contributed by atoms with E-state index in [0.717, 1.165) is 12.8 Å². The normalized spacial score (nSPS) is 19.5. The summed E-state index contributed by atoms with van der Waals surface area (Å²) in [4.78, 5) is 11.4. The third-order valence-corrected chi connectivity index (χ3v) is 2.89. The maximum absolute atomic E-state index is 11.4. The van der Waals surface area contributed by atoms with Gasteiger partial charge in [0.05, 0.1) is 0 Å². The summed E-state index contributed by atoms with van der Waals surface area (Å²) in [5, 5.41) is 0. The summed E-state index contributed by atoms with van der Waals surface area (Å²) in [6.07, 6.45) is 4.06. The second-order valence-electron chi connectivity index (χ2n) is 3.91. The number of hydrogen-bond donors (Lipinski definition) is 1. The number of carbonyl (C=O) groups is 1. The Morgan fingerprint density at radius 2 is 2.23 bits per heavy atom. The molecule has 13 heavy (non-hydrogen) atoms. The average Bonchev–Trinajstić information content (AvgIpc) is 2.08. The van der Waals surface area contributed by atoms with Gasteiger partial charge >= 0.3 is 0 Å². The van der Waals surface area contributed by atoms with E-state index in [2.05, 4.69) is 0 Å². The second kappa shape index (κ2) is 4.72. The van der Waals surface area contributed by atoms with Crippen LogP contribution in [0.25, 0.3) is 0 Å². The molecule has 0 spiro atoms. The summed E-state index contributed by atoms with van der Waals surface area (Å²) in [5.41, 5.74) is 5.79. The summed E-state index contributed by atoms with van der Waals surface area (Å²) in [6.45, 7) is 3.42. The van der Waals surface area contributed by atoms with E-state index in [9.17, 15) is 4.79 Å². The Morgan fingerprint density at radius 1 is 1.54 bits per heavy atom. The first-order chi connectivity index (χ1) is 6.22. The molecule has 0 aromatic carbocycles. The topological polar surface area (TPSA) is 52.3 Å². The Bertz CT molecular complexity index is 170. The fourth-order valence-corrected chi connectivity index (χ4v) is 1.82. The maximum Gasteiger partial charge on any atom is 0.159 e. The molecule has 1 fully saturated rings. The van der Waals surface area contributed by atoms with E-state index >= 15 is 0 Å². The highest BCUT2D eigenvalue weighted by atomic mass is 16.5. The Kier molecular flexibility index (Phi) is 3.88. The molecule has 1 rings (SSSR count). The van der Waals surface area contributed by atoms with E-state index in [0.29, 0.717) is 19.6 Å². The van der Waals surface area contributed by atoms with Gasteiger partial charge < -0.3 is 10.5 Å². The molecule has 0 aromatic rings. The van der Waals surface area contributed by atoms with E-state index < -0.39 is 0 Å². The van der Waals surface area contributed by atoms with Crippen molar-refractivity contribution >= 4 is 5.78 Å². The summed E-state index contributed by atoms with van der Waals surface area (Å²) in [7, 11) is 0. The predicted octanol–water partition coefficient (Wildman–Crippen LogP) is 1.11. The SMILES string of the molecule is CCOCC(=O)CC1(CN)CCC1. The zero-order valence-electron chi connectivity index (χ0n) is 8.34. The Morgan fingerprint density at radius 3 is 2.62 bits per heavy atom. The largest absolute Gasteiger partial charge is 0.374 e. The van der Waals surface area contributed by atoms with Gasteiger partial charge in [0.15, 0.2) is 5.78 Å². The van der Waals surface area contributed by atoms with Crippen LogP contribution in [0.4, 0.5) is 0 Å². The highest BCUT2D eigenvalue weighted by molar-refractivity contribution is 5.80. The summed E-state index contributed by atoms with van der Waals surface area (Å²) in [6, 6.07) is 0. The molecular formula is C10H19NO2. The van der Waals surface area contributed by atoms with E-state index in [1.54, 1.807) is 0 Å². The monoisotopic (exact) mass is 185 g/mol. The number of rotatable bonds is 6. The molecule has 0 bridgehead atoms. The van der Waals surface area contributed by atoms with Crippen LogP contribution in [0, 0.1) is 5.41 Å². The summed E-state index contributed by atoms with van der Waals surface area (Å²) >= 11 is 0. The van der Waals surface area contributed by atoms with Crippen LogP contribution in [0.3, 0.4) is 0 Å². The summed E-state index contributed by atoms with van der Waals surface area (Å²) < 4.78 is 5.06. The zero-order valence-corrected chi connectivity index (χ0v) is 8.34. The highest BCUT2D eigenvalue weighted by Crippen LogP contribution is 2.42. The molecule has 0 unspecified atom stereocenters. The van der Waals surface area contributed by atoms with Gasteiger partial charge in [-0.25, -0.2) is 0 Å².